The smallest absolute Gasteiger partial charge is 0.311 e. The van der Waals surface area contributed by atoms with Crippen LogP contribution in [-0.4, -0.2) is 67.9 Å². The number of carboxylic acids is 1. The van der Waals surface area contributed by atoms with E-state index >= 15 is 0 Å². The lowest BCUT2D eigenvalue weighted by Gasteiger charge is -2.39. The molecule has 2 unspecified atom stereocenters. The van der Waals surface area contributed by atoms with Crippen LogP contribution in [0.1, 0.15) is 12.8 Å². The van der Waals surface area contributed by atoms with Gasteiger partial charge in [-0.15, -0.1) is 0 Å². The summed E-state index contributed by atoms with van der Waals surface area (Å²) >= 11 is 0. The molecule has 20 heavy (non-hydrogen) atoms. The van der Waals surface area contributed by atoms with Gasteiger partial charge >= 0.3 is 5.97 Å². The third-order valence-corrected chi connectivity index (χ3v) is 4.48. The fourth-order valence-corrected chi connectivity index (χ4v) is 2.95. The van der Waals surface area contributed by atoms with Gasteiger partial charge in [-0.3, -0.25) is 9.59 Å². The van der Waals surface area contributed by atoms with E-state index in [0.29, 0.717) is 26.1 Å². The van der Waals surface area contributed by atoms with Crippen LogP contribution < -0.4 is 5.73 Å². The summed E-state index contributed by atoms with van der Waals surface area (Å²) in [7, 11) is 1.64. The molecule has 0 aromatic heterocycles. The van der Waals surface area contributed by atoms with Gasteiger partial charge in [0.15, 0.2) is 0 Å². The molecule has 2 aliphatic rings. The van der Waals surface area contributed by atoms with Crippen LogP contribution in [0.15, 0.2) is 0 Å². The van der Waals surface area contributed by atoms with Gasteiger partial charge in [0.05, 0.1) is 24.7 Å². The number of likely N-dealkylation sites (N-methyl/N-ethyl adjacent to an activating group) is 1. The first-order valence-electron chi connectivity index (χ1n) is 6.87. The van der Waals surface area contributed by atoms with Gasteiger partial charge in [-0.25, -0.2) is 0 Å². The Bertz CT molecular complexity index is 381. The Hall–Kier alpha value is -1.18. The third-order valence-electron chi connectivity index (χ3n) is 4.48. The zero-order valence-electron chi connectivity index (χ0n) is 11.7. The van der Waals surface area contributed by atoms with Crippen LogP contribution in [0.2, 0.25) is 0 Å². The van der Waals surface area contributed by atoms with Crippen LogP contribution in [0.3, 0.4) is 0 Å². The van der Waals surface area contributed by atoms with E-state index in [4.69, 9.17) is 15.2 Å². The quantitative estimate of drug-likeness (QED) is 0.708. The van der Waals surface area contributed by atoms with E-state index in [1.807, 2.05) is 0 Å². The summed E-state index contributed by atoms with van der Waals surface area (Å²) in [5.41, 5.74) is 5.19. The minimum Gasteiger partial charge on any atom is -0.481 e. The predicted octanol–water partition coefficient (Wildman–Crippen LogP) is -0.700. The van der Waals surface area contributed by atoms with Crippen molar-refractivity contribution >= 4 is 11.9 Å². The van der Waals surface area contributed by atoms with E-state index in [2.05, 4.69) is 0 Å². The molecule has 2 heterocycles. The highest BCUT2D eigenvalue weighted by atomic mass is 16.5. The number of nitrogens with zero attached hydrogens (tertiary/aromatic N) is 1. The van der Waals surface area contributed by atoms with E-state index in [1.54, 1.807) is 7.05 Å². The maximum atomic E-state index is 12.7. The fourth-order valence-electron chi connectivity index (χ4n) is 2.95. The molecular weight excluding hydrogens is 264 g/mol. The van der Waals surface area contributed by atoms with Gasteiger partial charge in [0, 0.05) is 26.8 Å². The molecule has 2 fully saturated rings. The standard InChI is InChI=1S/C13H22N2O5/c1-15(10-7-20-6-9(10)11(16)17)12(18)13(8-14)2-4-19-5-3-13/h9-10H,2-8,14H2,1H3,(H,16,17). The highest BCUT2D eigenvalue weighted by Crippen LogP contribution is 2.33. The van der Waals surface area contributed by atoms with Gasteiger partial charge in [-0.1, -0.05) is 0 Å². The van der Waals surface area contributed by atoms with Crippen molar-refractivity contribution < 1.29 is 24.2 Å². The summed E-state index contributed by atoms with van der Waals surface area (Å²) in [5.74, 6) is -1.69. The summed E-state index contributed by atoms with van der Waals surface area (Å²) in [5, 5.41) is 9.18. The van der Waals surface area contributed by atoms with Gasteiger partial charge in [0.1, 0.15) is 5.92 Å². The molecule has 7 heteroatoms. The van der Waals surface area contributed by atoms with Crippen LogP contribution in [0.25, 0.3) is 0 Å². The number of hydrogen-bond acceptors (Lipinski definition) is 5. The highest BCUT2D eigenvalue weighted by molar-refractivity contribution is 5.84. The average Bonchev–Trinajstić information content (AvgIpc) is 2.96. The summed E-state index contributed by atoms with van der Waals surface area (Å²) in [6.07, 6.45) is 1.16. The summed E-state index contributed by atoms with van der Waals surface area (Å²) in [6.45, 7) is 1.69. The van der Waals surface area contributed by atoms with E-state index in [9.17, 15) is 14.7 Å². The second-order valence-electron chi connectivity index (χ2n) is 5.56. The molecule has 0 radical (unpaired) electrons. The van der Waals surface area contributed by atoms with E-state index in [1.165, 1.54) is 4.90 Å². The van der Waals surface area contributed by atoms with Crippen molar-refractivity contribution in [1.29, 1.82) is 0 Å². The van der Waals surface area contributed by atoms with Gasteiger partial charge in [0.25, 0.3) is 0 Å². The Labute approximate surface area is 118 Å². The van der Waals surface area contributed by atoms with Gasteiger partial charge in [-0.05, 0) is 12.8 Å². The SMILES string of the molecule is CN(C(=O)C1(CN)CCOCC1)C1COCC1C(=O)O. The first-order chi connectivity index (χ1) is 9.52. The van der Waals surface area contributed by atoms with Gasteiger partial charge < -0.3 is 25.2 Å². The van der Waals surface area contributed by atoms with Crippen molar-refractivity contribution in [3.8, 4) is 0 Å². The Morgan fingerprint density at radius 1 is 1.30 bits per heavy atom. The van der Waals surface area contributed by atoms with Crippen LogP contribution in [0, 0.1) is 11.3 Å². The number of nitrogens with two attached hydrogens (primary N) is 1. The Balaban J connectivity index is 2.12. The van der Waals surface area contributed by atoms with E-state index in [0.717, 1.165) is 0 Å². The molecule has 0 aromatic rings. The number of ether oxygens (including phenoxy) is 2. The molecule has 0 bridgehead atoms. The Kier molecular flexibility index (Phi) is 4.62. The van der Waals surface area contributed by atoms with Crippen LogP contribution >= 0.6 is 0 Å². The topological polar surface area (TPSA) is 102 Å². The molecule has 3 N–H and O–H groups in total. The fraction of sp³-hybridized carbons (Fsp3) is 0.846. The third kappa shape index (κ3) is 2.65. The minimum absolute atomic E-state index is 0.0925. The molecule has 1 amide bonds. The molecule has 2 atom stereocenters. The number of carbonyl (C=O) groups excluding carboxylic acids is 1. The summed E-state index contributed by atoms with van der Waals surface area (Å²) in [6, 6.07) is -0.425. The number of aliphatic carboxylic acids is 1. The zero-order valence-corrected chi connectivity index (χ0v) is 11.7. The average molecular weight is 286 g/mol. The van der Waals surface area contributed by atoms with E-state index < -0.39 is 23.3 Å². The molecule has 0 aliphatic carbocycles. The number of hydrogen-bond donors (Lipinski definition) is 2. The van der Waals surface area contributed by atoms with Crippen molar-refractivity contribution in [1.82, 2.24) is 4.90 Å². The minimum atomic E-state index is -0.930. The lowest BCUT2D eigenvalue weighted by atomic mass is 9.78. The van der Waals surface area contributed by atoms with Crippen LogP contribution in [0.5, 0.6) is 0 Å². The normalized spacial score (nSPS) is 29.1. The van der Waals surface area contributed by atoms with E-state index in [-0.39, 0.29) is 25.7 Å². The number of amides is 1. The van der Waals surface area contributed by atoms with Gasteiger partial charge in [0.2, 0.25) is 5.91 Å². The highest BCUT2D eigenvalue weighted by Gasteiger charge is 2.45. The summed E-state index contributed by atoms with van der Waals surface area (Å²) in [4.78, 5) is 25.5. The van der Waals surface area contributed by atoms with Crippen molar-refractivity contribution in [2.45, 2.75) is 18.9 Å². The first-order valence-corrected chi connectivity index (χ1v) is 6.87. The Morgan fingerprint density at radius 3 is 2.50 bits per heavy atom. The van der Waals surface area contributed by atoms with Crippen molar-refractivity contribution in [2.24, 2.45) is 17.1 Å². The first kappa shape index (κ1) is 15.2. The monoisotopic (exact) mass is 286 g/mol. The molecule has 2 rings (SSSR count). The molecule has 2 saturated heterocycles. The second-order valence-corrected chi connectivity index (χ2v) is 5.56. The molecule has 7 nitrogen and oxygen atoms in total. The zero-order chi connectivity index (χ0) is 14.8. The molecule has 0 aromatic carbocycles. The van der Waals surface area contributed by atoms with Crippen molar-refractivity contribution in [3.63, 3.8) is 0 Å². The lowest BCUT2D eigenvalue weighted by molar-refractivity contribution is -0.151. The van der Waals surface area contributed by atoms with Gasteiger partial charge in [-0.2, -0.15) is 0 Å². The Morgan fingerprint density at radius 2 is 1.95 bits per heavy atom. The number of carbonyl (C=O) groups is 2. The maximum Gasteiger partial charge on any atom is 0.311 e. The number of carboxylic acid groups (broad SMARTS) is 1. The molecule has 0 spiro atoms. The molecular formula is C13H22N2O5. The largest absolute Gasteiger partial charge is 0.481 e. The van der Waals surface area contributed by atoms with Crippen LogP contribution in [0.4, 0.5) is 0 Å². The summed E-state index contributed by atoms with van der Waals surface area (Å²) < 4.78 is 10.5. The molecule has 114 valence electrons. The van der Waals surface area contributed by atoms with Crippen molar-refractivity contribution in [3.05, 3.63) is 0 Å². The molecule has 0 saturated carbocycles. The lowest BCUT2D eigenvalue weighted by Crippen LogP contribution is -2.54. The maximum absolute atomic E-state index is 12.7. The van der Waals surface area contributed by atoms with Crippen LogP contribution in [-0.2, 0) is 19.1 Å². The predicted molar refractivity (Wildman–Crippen MR) is 70.0 cm³/mol. The van der Waals surface area contributed by atoms with Crippen molar-refractivity contribution in [2.75, 3.05) is 40.0 Å². The second kappa shape index (κ2) is 6.07. The number of rotatable bonds is 4. The molecule has 2 aliphatic heterocycles.